The van der Waals surface area contributed by atoms with E-state index in [-0.39, 0.29) is 11.3 Å². The van der Waals surface area contributed by atoms with Gasteiger partial charge < -0.3 is 9.84 Å². The van der Waals surface area contributed by atoms with Gasteiger partial charge in [0.15, 0.2) is 0 Å². The van der Waals surface area contributed by atoms with Gasteiger partial charge in [0, 0.05) is 11.0 Å². The summed E-state index contributed by atoms with van der Waals surface area (Å²) in [5.74, 6) is -0.0985. The zero-order chi connectivity index (χ0) is 20.2. The number of hydrogen-bond donors (Lipinski definition) is 1. The van der Waals surface area contributed by atoms with Crippen molar-refractivity contribution in [1.29, 1.82) is 0 Å². The molecular formula is C24H23NO3S. The fourth-order valence-electron chi connectivity index (χ4n) is 4.55. The van der Waals surface area contributed by atoms with E-state index in [0.717, 1.165) is 46.2 Å². The summed E-state index contributed by atoms with van der Waals surface area (Å²) in [6, 6.07) is 14.6. The zero-order valence-corrected chi connectivity index (χ0v) is 17.4. The van der Waals surface area contributed by atoms with Crippen molar-refractivity contribution in [1.82, 2.24) is 4.98 Å². The van der Waals surface area contributed by atoms with Gasteiger partial charge in [-0.3, -0.25) is 4.79 Å². The first-order valence-corrected chi connectivity index (χ1v) is 10.8. The Balaban J connectivity index is 1.33. The molecule has 1 saturated carbocycles. The van der Waals surface area contributed by atoms with Gasteiger partial charge >= 0.3 is 5.97 Å². The Hall–Kier alpha value is -2.66. The number of fused-ring (bicyclic) bond motifs is 2. The molecule has 3 aromatic rings. The van der Waals surface area contributed by atoms with Crippen LogP contribution in [0.5, 0.6) is 5.75 Å². The lowest BCUT2D eigenvalue weighted by Gasteiger charge is -2.12. The minimum absolute atomic E-state index is 0.153. The molecule has 0 amide bonds. The van der Waals surface area contributed by atoms with Crippen LogP contribution in [0.1, 0.15) is 40.1 Å². The summed E-state index contributed by atoms with van der Waals surface area (Å²) in [6.07, 6.45) is 2.66. The second-order valence-electron chi connectivity index (χ2n) is 8.25. The van der Waals surface area contributed by atoms with Crippen molar-refractivity contribution in [2.75, 3.05) is 0 Å². The molecule has 1 N–H and O–H groups in total. The molecule has 0 saturated heterocycles. The van der Waals surface area contributed by atoms with Crippen LogP contribution in [-0.2, 0) is 23.2 Å². The van der Waals surface area contributed by atoms with Gasteiger partial charge in [0.05, 0.1) is 16.5 Å². The molecule has 1 heterocycles. The zero-order valence-electron chi connectivity index (χ0n) is 16.6. The second kappa shape index (κ2) is 6.70. The Morgan fingerprint density at radius 3 is 2.76 bits per heavy atom. The third-order valence-electron chi connectivity index (χ3n) is 6.39. The fraction of sp³-hybridized carbons (Fsp3) is 0.333. The van der Waals surface area contributed by atoms with Crippen molar-refractivity contribution in [3.05, 3.63) is 69.7 Å². The number of thiazole rings is 1. The van der Waals surface area contributed by atoms with Crippen LogP contribution in [0.4, 0.5) is 0 Å². The molecule has 2 aromatic carbocycles. The van der Waals surface area contributed by atoms with E-state index in [1.165, 1.54) is 16.7 Å². The number of ether oxygens (including phenoxy) is 1. The number of carbonyl (C=O) groups is 1. The number of nitrogens with zero attached hydrogens (tertiary/aromatic N) is 1. The number of hydrogen-bond acceptors (Lipinski definition) is 4. The van der Waals surface area contributed by atoms with E-state index < -0.39 is 5.97 Å². The van der Waals surface area contributed by atoms with Gasteiger partial charge in [-0.25, -0.2) is 4.98 Å². The molecule has 2 aliphatic carbocycles. The highest BCUT2D eigenvalue weighted by Crippen LogP contribution is 2.62. The number of benzene rings is 2. The van der Waals surface area contributed by atoms with Gasteiger partial charge in [0.2, 0.25) is 0 Å². The van der Waals surface area contributed by atoms with Crippen LogP contribution < -0.4 is 4.74 Å². The molecule has 5 rings (SSSR count). The lowest BCUT2D eigenvalue weighted by Crippen LogP contribution is -2.11. The Morgan fingerprint density at radius 2 is 2.03 bits per heavy atom. The number of carboxylic acid groups (broad SMARTS) is 1. The standard InChI is InChI=1S/C24H23NO3S/c1-14-3-5-17(6-4-14)22-25-15(2)21(29-22)13-28-18-8-7-16-9-10-24(19(16)11-18)12-20(24)23(26)27/h3-8,11,20H,9-10,12-13H2,1-2H3,(H,26,27)/t20-,24-/m0/s1. The SMILES string of the molecule is Cc1ccc(-c2nc(C)c(COc3ccc4c(c3)[C@]3(CC4)C[C@H]3C(=O)O)s2)cc1. The molecule has 0 unspecified atom stereocenters. The lowest BCUT2D eigenvalue weighted by molar-refractivity contribution is -0.139. The summed E-state index contributed by atoms with van der Waals surface area (Å²) >= 11 is 1.67. The van der Waals surface area contributed by atoms with E-state index in [1.54, 1.807) is 11.3 Å². The van der Waals surface area contributed by atoms with Gasteiger partial charge in [0.1, 0.15) is 17.4 Å². The van der Waals surface area contributed by atoms with Crippen LogP contribution in [0.3, 0.4) is 0 Å². The van der Waals surface area contributed by atoms with Crippen LogP contribution in [0.25, 0.3) is 10.6 Å². The van der Waals surface area contributed by atoms with Gasteiger partial charge in [-0.05, 0) is 56.4 Å². The monoisotopic (exact) mass is 405 g/mol. The van der Waals surface area contributed by atoms with Crippen molar-refractivity contribution in [2.45, 2.75) is 45.1 Å². The van der Waals surface area contributed by atoms with Crippen LogP contribution in [-0.4, -0.2) is 16.1 Å². The number of carboxylic acids is 1. The summed E-state index contributed by atoms with van der Waals surface area (Å²) in [7, 11) is 0. The first-order chi connectivity index (χ1) is 14.0. The maximum absolute atomic E-state index is 11.5. The molecule has 0 aliphatic heterocycles. The minimum Gasteiger partial charge on any atom is -0.488 e. The smallest absolute Gasteiger partial charge is 0.307 e. The fourth-order valence-corrected chi connectivity index (χ4v) is 5.53. The molecule has 4 nitrogen and oxygen atoms in total. The molecule has 148 valence electrons. The minimum atomic E-state index is -0.673. The van der Waals surface area contributed by atoms with Crippen molar-refractivity contribution in [3.8, 4) is 16.3 Å². The van der Waals surface area contributed by atoms with Gasteiger partial charge in [-0.1, -0.05) is 35.9 Å². The lowest BCUT2D eigenvalue weighted by atomic mass is 9.95. The van der Waals surface area contributed by atoms with Crippen molar-refractivity contribution < 1.29 is 14.6 Å². The molecule has 1 fully saturated rings. The third kappa shape index (κ3) is 3.14. The average Bonchev–Trinajstić information content (AvgIpc) is 3.19. The summed E-state index contributed by atoms with van der Waals surface area (Å²) in [5.41, 5.74) is 5.67. The Labute approximate surface area is 174 Å². The van der Waals surface area contributed by atoms with Crippen molar-refractivity contribution in [3.63, 3.8) is 0 Å². The van der Waals surface area contributed by atoms with Crippen LogP contribution >= 0.6 is 11.3 Å². The Bertz CT molecular complexity index is 1100. The van der Waals surface area contributed by atoms with Gasteiger partial charge in [-0.15, -0.1) is 11.3 Å². The van der Waals surface area contributed by atoms with E-state index in [2.05, 4.69) is 43.3 Å². The van der Waals surface area contributed by atoms with E-state index in [1.807, 2.05) is 13.0 Å². The topological polar surface area (TPSA) is 59.4 Å². The van der Waals surface area contributed by atoms with Crippen molar-refractivity contribution in [2.24, 2.45) is 5.92 Å². The summed E-state index contributed by atoms with van der Waals surface area (Å²) in [5, 5.41) is 10.4. The normalized spacial score (nSPS) is 21.9. The maximum Gasteiger partial charge on any atom is 0.307 e. The molecule has 0 radical (unpaired) electrons. The molecule has 5 heteroatoms. The largest absolute Gasteiger partial charge is 0.488 e. The molecule has 29 heavy (non-hydrogen) atoms. The molecule has 2 aliphatic rings. The van der Waals surface area contributed by atoms with Crippen LogP contribution in [0, 0.1) is 19.8 Å². The maximum atomic E-state index is 11.5. The highest BCUT2D eigenvalue weighted by molar-refractivity contribution is 7.15. The highest BCUT2D eigenvalue weighted by atomic mass is 32.1. The molecule has 1 aromatic heterocycles. The number of aromatic nitrogens is 1. The van der Waals surface area contributed by atoms with Gasteiger partial charge in [0.25, 0.3) is 0 Å². The number of aryl methyl sites for hydroxylation is 3. The Morgan fingerprint density at radius 1 is 1.24 bits per heavy atom. The second-order valence-corrected chi connectivity index (χ2v) is 9.34. The molecule has 0 bridgehead atoms. The molecule has 1 spiro atoms. The van der Waals surface area contributed by atoms with Gasteiger partial charge in [-0.2, -0.15) is 0 Å². The van der Waals surface area contributed by atoms with E-state index >= 15 is 0 Å². The quantitative estimate of drug-likeness (QED) is 0.626. The average molecular weight is 406 g/mol. The predicted molar refractivity (Wildman–Crippen MR) is 114 cm³/mol. The van der Waals surface area contributed by atoms with E-state index in [0.29, 0.717) is 6.61 Å². The van der Waals surface area contributed by atoms with Crippen LogP contribution in [0.15, 0.2) is 42.5 Å². The van der Waals surface area contributed by atoms with E-state index in [9.17, 15) is 9.90 Å². The first-order valence-electron chi connectivity index (χ1n) is 9.99. The van der Waals surface area contributed by atoms with Crippen molar-refractivity contribution >= 4 is 17.3 Å². The first kappa shape index (κ1) is 18.4. The predicted octanol–water partition coefficient (Wildman–Crippen LogP) is 5.29. The number of rotatable bonds is 5. The molecule has 2 atom stereocenters. The summed E-state index contributed by atoms with van der Waals surface area (Å²) < 4.78 is 6.11. The summed E-state index contributed by atoms with van der Waals surface area (Å²) in [4.78, 5) is 17.3. The Kier molecular flexibility index (Phi) is 4.24. The number of aliphatic carboxylic acids is 1. The third-order valence-corrected chi connectivity index (χ3v) is 7.57. The van der Waals surface area contributed by atoms with E-state index in [4.69, 9.17) is 9.72 Å². The van der Waals surface area contributed by atoms with Crippen LogP contribution in [0.2, 0.25) is 0 Å². The molecular weight excluding hydrogens is 382 g/mol. The highest BCUT2D eigenvalue weighted by Gasteiger charge is 2.61. The summed E-state index contributed by atoms with van der Waals surface area (Å²) in [6.45, 7) is 4.58.